The van der Waals surface area contributed by atoms with Gasteiger partial charge in [-0.25, -0.2) is 8.78 Å². The summed E-state index contributed by atoms with van der Waals surface area (Å²) in [7, 11) is 0. The second-order valence-corrected chi connectivity index (χ2v) is 10.5. The number of halogens is 2. The van der Waals surface area contributed by atoms with Gasteiger partial charge in [-0.3, -0.25) is 24.5 Å². The van der Waals surface area contributed by atoms with Crippen LogP contribution >= 0.6 is 0 Å². The molecule has 0 bridgehead atoms. The van der Waals surface area contributed by atoms with Crippen LogP contribution in [-0.4, -0.2) is 52.4 Å². The molecular weight excluding hydrogens is 564 g/mol. The fourth-order valence-electron chi connectivity index (χ4n) is 4.84. The van der Waals surface area contributed by atoms with Gasteiger partial charge in [0.15, 0.2) is 0 Å². The van der Waals surface area contributed by atoms with Gasteiger partial charge in [-0.05, 0) is 56.1 Å². The van der Waals surface area contributed by atoms with Crippen LogP contribution in [0.5, 0.6) is 0 Å². The number of hydrogen-bond acceptors (Lipinski definition) is 6. The molecule has 1 fully saturated rings. The summed E-state index contributed by atoms with van der Waals surface area (Å²) in [4.78, 5) is 39.2. The maximum Gasteiger partial charge on any atom is 0.255 e. The lowest BCUT2D eigenvalue weighted by Gasteiger charge is -2.31. The van der Waals surface area contributed by atoms with Crippen LogP contribution in [0.2, 0.25) is 0 Å². The van der Waals surface area contributed by atoms with E-state index in [9.17, 15) is 18.4 Å². The van der Waals surface area contributed by atoms with Crippen LogP contribution in [0, 0.1) is 0 Å². The van der Waals surface area contributed by atoms with Crippen molar-refractivity contribution in [3.8, 4) is 22.4 Å². The average molecular weight is 596 g/mol. The monoisotopic (exact) mass is 595 g/mol. The lowest BCUT2D eigenvalue weighted by Crippen LogP contribution is -2.42. The first-order valence-corrected chi connectivity index (χ1v) is 14.1. The molecule has 44 heavy (non-hydrogen) atoms. The zero-order valence-corrected chi connectivity index (χ0v) is 24.2. The summed E-state index contributed by atoms with van der Waals surface area (Å²) in [5, 5.41) is 3.65. The van der Waals surface area contributed by atoms with Crippen LogP contribution in [0.1, 0.15) is 35.9 Å². The molecule has 4 heterocycles. The molecule has 1 aliphatic heterocycles. The Morgan fingerprint density at radius 2 is 1.93 bits per heavy atom. The standard InChI is InChI=1S/C34H31F2N5O3/c1-23(5-3-13-37-2)7-10-31(42)40-22-28-18-27-17-26(19-29(32(27)44-28)24-6-4-14-38-20-24)30-9-8-25(21-39-30)33(43)41-15-11-34(35,36)12-16-41/h3-10,13-14,17-21H,2,11-12,15-16,22H2,1H3,(H,40,42)/b10-7+,13-3-,23-5+. The molecule has 2 amide bonds. The van der Waals surface area contributed by atoms with E-state index >= 15 is 0 Å². The van der Waals surface area contributed by atoms with Crippen molar-refractivity contribution < 1.29 is 22.8 Å². The molecule has 0 radical (unpaired) electrons. The number of hydrogen-bond donors (Lipinski definition) is 1. The minimum Gasteiger partial charge on any atom is -0.459 e. The zero-order valence-electron chi connectivity index (χ0n) is 24.2. The Kier molecular flexibility index (Phi) is 9.18. The van der Waals surface area contributed by atoms with Crippen molar-refractivity contribution in [3.05, 3.63) is 108 Å². The van der Waals surface area contributed by atoms with Gasteiger partial charge in [-0.1, -0.05) is 23.8 Å². The van der Waals surface area contributed by atoms with Crippen LogP contribution in [-0.2, 0) is 11.3 Å². The third-order valence-corrected chi connectivity index (χ3v) is 7.21. The maximum absolute atomic E-state index is 13.5. The van der Waals surface area contributed by atoms with Crippen molar-refractivity contribution in [2.45, 2.75) is 32.2 Å². The molecule has 0 unspecified atom stereocenters. The highest BCUT2D eigenvalue weighted by molar-refractivity contribution is 5.97. The van der Waals surface area contributed by atoms with Crippen molar-refractivity contribution in [2.75, 3.05) is 13.1 Å². The number of fused-ring (bicyclic) bond motifs is 1. The van der Waals surface area contributed by atoms with Gasteiger partial charge in [-0.2, -0.15) is 0 Å². The number of carbonyl (C=O) groups excluding carboxylic acids is 2. The summed E-state index contributed by atoms with van der Waals surface area (Å²) in [6, 6.07) is 12.9. The molecule has 3 aromatic heterocycles. The van der Waals surface area contributed by atoms with Crippen LogP contribution in [0.4, 0.5) is 8.78 Å². The zero-order chi connectivity index (χ0) is 31.1. The van der Waals surface area contributed by atoms with E-state index in [4.69, 9.17) is 4.42 Å². The number of carbonyl (C=O) groups is 2. The van der Waals surface area contributed by atoms with Crippen LogP contribution < -0.4 is 5.32 Å². The number of pyridine rings is 2. The van der Waals surface area contributed by atoms with Crippen molar-refractivity contribution in [1.82, 2.24) is 20.2 Å². The number of alkyl halides is 2. The summed E-state index contributed by atoms with van der Waals surface area (Å²) in [5.74, 6) is -2.74. The predicted octanol–water partition coefficient (Wildman–Crippen LogP) is 6.76. The number of amides is 2. The Labute approximate surface area is 253 Å². The molecule has 1 aromatic carbocycles. The average Bonchev–Trinajstić information content (AvgIpc) is 3.46. The van der Waals surface area contributed by atoms with E-state index in [-0.39, 0.29) is 44.3 Å². The van der Waals surface area contributed by atoms with Crippen molar-refractivity contribution in [2.24, 2.45) is 4.99 Å². The lowest BCUT2D eigenvalue weighted by molar-refractivity contribution is -0.116. The number of aliphatic imine (C=N–C) groups is 1. The van der Waals surface area contributed by atoms with Gasteiger partial charge >= 0.3 is 0 Å². The number of nitrogens with zero attached hydrogens (tertiary/aromatic N) is 4. The van der Waals surface area contributed by atoms with Crippen LogP contribution in [0.15, 0.2) is 107 Å². The molecular formula is C34H31F2N5O3. The van der Waals surface area contributed by atoms with E-state index in [1.807, 2.05) is 43.3 Å². The molecule has 8 nitrogen and oxygen atoms in total. The number of rotatable bonds is 9. The quantitative estimate of drug-likeness (QED) is 0.131. The minimum absolute atomic E-state index is 0.0145. The summed E-state index contributed by atoms with van der Waals surface area (Å²) >= 11 is 0. The topological polar surface area (TPSA) is 101 Å². The highest BCUT2D eigenvalue weighted by Crippen LogP contribution is 2.35. The number of likely N-dealkylation sites (tertiary alicyclic amines) is 1. The van der Waals surface area contributed by atoms with Crippen molar-refractivity contribution >= 4 is 29.5 Å². The van der Waals surface area contributed by atoms with Crippen molar-refractivity contribution in [3.63, 3.8) is 0 Å². The molecule has 0 spiro atoms. The third kappa shape index (κ3) is 7.38. The molecule has 10 heteroatoms. The van der Waals surface area contributed by atoms with Gasteiger partial charge in [0.25, 0.3) is 11.8 Å². The fraction of sp³-hybridized carbons (Fsp3) is 0.206. The molecule has 0 saturated carbocycles. The molecule has 5 rings (SSSR count). The number of aromatic nitrogens is 2. The first-order chi connectivity index (χ1) is 21.2. The molecule has 1 N–H and O–H groups in total. The van der Waals surface area contributed by atoms with Gasteiger partial charge in [0, 0.05) is 78.9 Å². The van der Waals surface area contributed by atoms with E-state index in [0.29, 0.717) is 22.6 Å². The van der Waals surface area contributed by atoms with Crippen molar-refractivity contribution in [1.29, 1.82) is 0 Å². The smallest absolute Gasteiger partial charge is 0.255 e. The van der Waals surface area contributed by atoms with Gasteiger partial charge in [0.1, 0.15) is 11.3 Å². The highest BCUT2D eigenvalue weighted by Gasteiger charge is 2.35. The number of piperidine rings is 1. The Morgan fingerprint density at radius 3 is 2.64 bits per heavy atom. The molecule has 1 aliphatic rings. The second kappa shape index (κ2) is 13.4. The van der Waals surface area contributed by atoms with E-state index in [1.54, 1.807) is 42.9 Å². The normalized spacial score (nSPS) is 15.2. The van der Waals surface area contributed by atoms with E-state index in [0.717, 1.165) is 27.6 Å². The molecule has 0 atom stereocenters. The first-order valence-electron chi connectivity index (χ1n) is 14.1. The maximum atomic E-state index is 13.5. The summed E-state index contributed by atoms with van der Waals surface area (Å²) < 4.78 is 33.3. The van der Waals surface area contributed by atoms with Gasteiger partial charge < -0.3 is 14.6 Å². The lowest BCUT2D eigenvalue weighted by atomic mass is 9.99. The minimum atomic E-state index is -2.73. The molecule has 224 valence electrons. The van der Waals surface area contributed by atoms with E-state index < -0.39 is 5.92 Å². The number of allylic oxidation sites excluding steroid dienone is 4. The van der Waals surface area contributed by atoms with Gasteiger partial charge in [-0.15, -0.1) is 0 Å². The third-order valence-electron chi connectivity index (χ3n) is 7.21. The predicted molar refractivity (Wildman–Crippen MR) is 166 cm³/mol. The number of furan rings is 1. The molecule has 4 aromatic rings. The molecule has 0 aliphatic carbocycles. The highest BCUT2D eigenvalue weighted by atomic mass is 19.3. The summed E-state index contributed by atoms with van der Waals surface area (Å²) in [6.07, 6.45) is 12.5. The van der Waals surface area contributed by atoms with Crippen LogP contribution in [0.3, 0.4) is 0 Å². The van der Waals surface area contributed by atoms with Crippen LogP contribution in [0.25, 0.3) is 33.4 Å². The number of benzene rings is 1. The first kappa shape index (κ1) is 30.2. The molecule has 1 saturated heterocycles. The Hall–Kier alpha value is -5.25. The van der Waals surface area contributed by atoms with Gasteiger partial charge in [0.2, 0.25) is 5.91 Å². The summed E-state index contributed by atoms with van der Waals surface area (Å²) in [6.45, 7) is 5.45. The largest absolute Gasteiger partial charge is 0.459 e. The Bertz CT molecular complexity index is 1750. The Balaban J connectivity index is 1.37. The van der Waals surface area contributed by atoms with E-state index in [1.165, 1.54) is 17.2 Å². The second-order valence-electron chi connectivity index (χ2n) is 10.5. The SMILES string of the molecule is C=N\C=C/C=C(C)/C=C/C(=O)NCc1cc2cc(-c3ccc(C(=O)N4CCC(F)(F)CC4)cn3)cc(-c3cccnc3)c2o1. The Morgan fingerprint density at radius 1 is 1.11 bits per heavy atom. The fourth-order valence-corrected chi connectivity index (χ4v) is 4.84. The van der Waals surface area contributed by atoms with E-state index in [2.05, 4.69) is 27.0 Å². The number of nitrogens with one attached hydrogen (secondary N) is 1. The van der Waals surface area contributed by atoms with Gasteiger partial charge in [0.05, 0.1) is 17.8 Å². The summed E-state index contributed by atoms with van der Waals surface area (Å²) in [5.41, 5.74) is 4.90.